The maximum atomic E-state index is 11.1. The third kappa shape index (κ3) is 5.36. The zero-order valence-electron chi connectivity index (χ0n) is 14.1. The van der Waals surface area contributed by atoms with Gasteiger partial charge in [0.05, 0.1) is 18.8 Å². The standard InChI is InChI=1S/C21H24O3/c1-3-20(22)23-16-10-15-21(2,19-13-8-5-9-14-19)24-17-18-11-6-4-7-12-18/h3-9,11-14H,1,10,15-17H2,2H3. The van der Waals surface area contributed by atoms with Crippen molar-refractivity contribution in [3.8, 4) is 0 Å². The Morgan fingerprint density at radius 2 is 1.71 bits per heavy atom. The Morgan fingerprint density at radius 1 is 1.08 bits per heavy atom. The molecule has 0 heterocycles. The largest absolute Gasteiger partial charge is 0.463 e. The number of carbonyl (C=O) groups is 1. The fraction of sp³-hybridized carbons (Fsp3) is 0.286. The van der Waals surface area contributed by atoms with Crippen molar-refractivity contribution < 1.29 is 14.3 Å². The number of esters is 1. The number of hydrogen-bond donors (Lipinski definition) is 0. The van der Waals surface area contributed by atoms with E-state index in [9.17, 15) is 4.79 Å². The number of carbonyl (C=O) groups excluding carboxylic acids is 1. The van der Waals surface area contributed by atoms with E-state index in [1.807, 2.05) is 36.4 Å². The van der Waals surface area contributed by atoms with E-state index in [1.165, 1.54) is 6.08 Å². The summed E-state index contributed by atoms with van der Waals surface area (Å²) in [5, 5.41) is 0. The first kappa shape index (κ1) is 18.0. The molecule has 126 valence electrons. The van der Waals surface area contributed by atoms with Gasteiger partial charge < -0.3 is 9.47 Å². The van der Waals surface area contributed by atoms with E-state index in [0.29, 0.717) is 13.2 Å². The predicted octanol–water partition coefficient (Wildman–Crippen LogP) is 4.63. The molecule has 0 spiro atoms. The van der Waals surface area contributed by atoms with E-state index in [2.05, 4.69) is 37.8 Å². The van der Waals surface area contributed by atoms with Crippen molar-refractivity contribution in [2.75, 3.05) is 6.61 Å². The van der Waals surface area contributed by atoms with E-state index >= 15 is 0 Å². The van der Waals surface area contributed by atoms with Crippen molar-refractivity contribution in [3.05, 3.63) is 84.4 Å². The minimum atomic E-state index is -0.433. The molecule has 0 saturated carbocycles. The smallest absolute Gasteiger partial charge is 0.330 e. The van der Waals surface area contributed by atoms with Crippen LogP contribution in [0, 0.1) is 0 Å². The van der Waals surface area contributed by atoms with Gasteiger partial charge in [-0.3, -0.25) is 0 Å². The van der Waals surface area contributed by atoms with Gasteiger partial charge in [0.2, 0.25) is 0 Å². The zero-order valence-corrected chi connectivity index (χ0v) is 14.1. The van der Waals surface area contributed by atoms with Crippen LogP contribution in [0.2, 0.25) is 0 Å². The summed E-state index contributed by atoms with van der Waals surface area (Å²) in [4.78, 5) is 11.1. The highest BCUT2D eigenvalue weighted by Gasteiger charge is 2.27. The molecular weight excluding hydrogens is 300 g/mol. The van der Waals surface area contributed by atoms with Crippen LogP contribution < -0.4 is 0 Å². The molecule has 0 aromatic heterocycles. The minimum Gasteiger partial charge on any atom is -0.463 e. The van der Waals surface area contributed by atoms with Crippen molar-refractivity contribution in [2.45, 2.75) is 32.0 Å². The third-order valence-electron chi connectivity index (χ3n) is 3.99. The summed E-state index contributed by atoms with van der Waals surface area (Å²) in [6.45, 7) is 6.39. The summed E-state index contributed by atoms with van der Waals surface area (Å²) in [5.74, 6) is -0.387. The van der Waals surface area contributed by atoms with Gasteiger partial charge in [0, 0.05) is 6.08 Å². The maximum Gasteiger partial charge on any atom is 0.330 e. The lowest BCUT2D eigenvalue weighted by molar-refractivity contribution is -0.138. The lowest BCUT2D eigenvalue weighted by Gasteiger charge is -2.31. The van der Waals surface area contributed by atoms with Gasteiger partial charge in [-0.1, -0.05) is 67.2 Å². The summed E-state index contributed by atoms with van der Waals surface area (Å²) in [6, 6.07) is 20.3. The van der Waals surface area contributed by atoms with Crippen molar-refractivity contribution in [3.63, 3.8) is 0 Å². The molecule has 0 bridgehead atoms. The van der Waals surface area contributed by atoms with Gasteiger partial charge in [0.25, 0.3) is 0 Å². The van der Waals surface area contributed by atoms with Crippen LogP contribution in [0.1, 0.15) is 30.9 Å². The fourth-order valence-electron chi connectivity index (χ4n) is 2.55. The predicted molar refractivity (Wildman–Crippen MR) is 95.4 cm³/mol. The van der Waals surface area contributed by atoms with Crippen molar-refractivity contribution >= 4 is 5.97 Å². The minimum absolute atomic E-state index is 0.363. The van der Waals surface area contributed by atoms with E-state index in [1.54, 1.807) is 0 Å². The molecular formula is C21H24O3. The molecule has 0 aliphatic carbocycles. The first-order chi connectivity index (χ1) is 11.6. The monoisotopic (exact) mass is 324 g/mol. The van der Waals surface area contributed by atoms with E-state index in [0.717, 1.165) is 24.0 Å². The summed E-state index contributed by atoms with van der Waals surface area (Å²) in [5.41, 5.74) is 1.83. The molecule has 1 atom stereocenters. The lowest BCUT2D eigenvalue weighted by Crippen LogP contribution is -2.26. The number of benzene rings is 2. The van der Waals surface area contributed by atoms with Gasteiger partial charge in [-0.05, 0) is 30.9 Å². The summed E-state index contributed by atoms with van der Waals surface area (Å²) in [6.07, 6.45) is 2.66. The van der Waals surface area contributed by atoms with E-state index in [-0.39, 0.29) is 5.97 Å². The van der Waals surface area contributed by atoms with Crippen molar-refractivity contribution in [2.24, 2.45) is 0 Å². The summed E-state index contributed by atoms with van der Waals surface area (Å²) in [7, 11) is 0. The molecule has 0 radical (unpaired) electrons. The molecule has 1 unspecified atom stereocenters. The van der Waals surface area contributed by atoms with Gasteiger partial charge in [-0.2, -0.15) is 0 Å². The Morgan fingerprint density at radius 3 is 2.33 bits per heavy atom. The molecule has 3 nitrogen and oxygen atoms in total. The normalized spacial score (nSPS) is 13.0. The maximum absolute atomic E-state index is 11.1. The van der Waals surface area contributed by atoms with Crippen LogP contribution in [0.4, 0.5) is 0 Å². The Bertz CT molecular complexity index is 637. The van der Waals surface area contributed by atoms with Gasteiger partial charge in [0.15, 0.2) is 0 Å². The van der Waals surface area contributed by atoms with Crippen LogP contribution in [-0.2, 0) is 26.5 Å². The third-order valence-corrected chi connectivity index (χ3v) is 3.99. The second-order valence-electron chi connectivity index (χ2n) is 5.85. The highest BCUT2D eigenvalue weighted by molar-refractivity contribution is 5.81. The Labute approximate surface area is 143 Å². The van der Waals surface area contributed by atoms with Crippen LogP contribution in [-0.4, -0.2) is 12.6 Å². The first-order valence-corrected chi connectivity index (χ1v) is 8.17. The van der Waals surface area contributed by atoms with Gasteiger partial charge in [0.1, 0.15) is 0 Å². The van der Waals surface area contributed by atoms with Crippen LogP contribution in [0.15, 0.2) is 73.3 Å². The van der Waals surface area contributed by atoms with Crippen LogP contribution in [0.3, 0.4) is 0 Å². The molecule has 2 aromatic rings. The number of rotatable bonds is 9. The molecule has 0 N–H and O–H groups in total. The molecule has 2 aromatic carbocycles. The van der Waals surface area contributed by atoms with Crippen molar-refractivity contribution in [1.82, 2.24) is 0 Å². The Hall–Kier alpha value is -2.39. The molecule has 3 heteroatoms. The number of hydrogen-bond acceptors (Lipinski definition) is 3. The SMILES string of the molecule is C=CC(=O)OCCCC(C)(OCc1ccccc1)c1ccccc1. The quantitative estimate of drug-likeness (QED) is 0.383. The average molecular weight is 324 g/mol. The second kappa shape index (κ2) is 9.04. The first-order valence-electron chi connectivity index (χ1n) is 8.17. The topological polar surface area (TPSA) is 35.5 Å². The highest BCUT2D eigenvalue weighted by atomic mass is 16.5. The molecule has 0 aliphatic heterocycles. The zero-order chi connectivity index (χ0) is 17.3. The summed E-state index contributed by atoms with van der Waals surface area (Å²) >= 11 is 0. The lowest BCUT2D eigenvalue weighted by atomic mass is 9.91. The second-order valence-corrected chi connectivity index (χ2v) is 5.85. The van der Waals surface area contributed by atoms with Crippen LogP contribution >= 0.6 is 0 Å². The molecule has 0 amide bonds. The highest BCUT2D eigenvalue weighted by Crippen LogP contribution is 2.31. The molecule has 0 fully saturated rings. The molecule has 2 rings (SSSR count). The molecule has 0 aliphatic rings. The Kier molecular flexibility index (Phi) is 6.76. The van der Waals surface area contributed by atoms with Gasteiger partial charge in [-0.25, -0.2) is 4.79 Å². The average Bonchev–Trinajstić information content (AvgIpc) is 2.65. The van der Waals surface area contributed by atoms with Gasteiger partial charge in [-0.15, -0.1) is 0 Å². The molecule has 0 saturated heterocycles. The van der Waals surface area contributed by atoms with Crippen LogP contribution in [0.5, 0.6) is 0 Å². The van der Waals surface area contributed by atoms with Gasteiger partial charge >= 0.3 is 5.97 Å². The summed E-state index contributed by atoms with van der Waals surface area (Å²) < 4.78 is 11.3. The molecule has 24 heavy (non-hydrogen) atoms. The van der Waals surface area contributed by atoms with E-state index < -0.39 is 5.60 Å². The van der Waals surface area contributed by atoms with Crippen LogP contribution in [0.25, 0.3) is 0 Å². The number of ether oxygens (including phenoxy) is 2. The van der Waals surface area contributed by atoms with Crippen molar-refractivity contribution in [1.29, 1.82) is 0 Å². The van der Waals surface area contributed by atoms with E-state index in [4.69, 9.17) is 9.47 Å². The Balaban J connectivity index is 2.01. The fourth-order valence-corrected chi connectivity index (χ4v) is 2.55.